The second-order valence-electron chi connectivity index (χ2n) is 5.15. The predicted octanol–water partition coefficient (Wildman–Crippen LogP) is 0.799. The number of carbonyl (C=O) groups excluding carboxylic acids is 1. The molecule has 4 nitrogen and oxygen atoms in total. The monoisotopic (exact) mass is 226 g/mol. The normalized spacial score (nSPS) is 32.9. The molecule has 1 heterocycles. The lowest BCUT2D eigenvalue weighted by Crippen LogP contribution is -2.54. The summed E-state index contributed by atoms with van der Waals surface area (Å²) in [6, 6.07) is 0. The zero-order chi connectivity index (χ0) is 11.6. The lowest BCUT2D eigenvalue weighted by molar-refractivity contribution is -0.128. The third-order valence-corrected chi connectivity index (χ3v) is 4.05. The van der Waals surface area contributed by atoms with Crippen molar-refractivity contribution in [2.75, 3.05) is 13.2 Å². The first-order chi connectivity index (χ1) is 7.67. The molecule has 0 spiro atoms. The topological polar surface area (TPSA) is 64.3 Å². The van der Waals surface area contributed by atoms with E-state index in [1.807, 2.05) is 6.92 Å². The van der Waals surface area contributed by atoms with Gasteiger partial charge >= 0.3 is 0 Å². The van der Waals surface area contributed by atoms with Gasteiger partial charge in [-0.15, -0.1) is 0 Å². The van der Waals surface area contributed by atoms with Crippen LogP contribution in [0.5, 0.6) is 0 Å². The Labute approximate surface area is 96.9 Å². The van der Waals surface area contributed by atoms with Crippen molar-refractivity contribution in [3.8, 4) is 0 Å². The highest BCUT2D eigenvalue weighted by molar-refractivity contribution is 5.80. The molecule has 0 aromatic heterocycles. The van der Waals surface area contributed by atoms with Crippen LogP contribution in [0.1, 0.15) is 39.0 Å². The molecule has 2 fully saturated rings. The number of hydrogen-bond acceptors (Lipinski definition) is 3. The molecule has 1 aliphatic carbocycles. The molecule has 92 valence electrons. The molecule has 1 amide bonds. The minimum atomic E-state index is -0.126. The fraction of sp³-hybridized carbons (Fsp3) is 0.917. The molecule has 2 atom stereocenters. The van der Waals surface area contributed by atoms with Crippen molar-refractivity contribution >= 4 is 5.91 Å². The quantitative estimate of drug-likeness (QED) is 0.748. The fourth-order valence-corrected chi connectivity index (χ4v) is 2.86. The highest BCUT2D eigenvalue weighted by Crippen LogP contribution is 2.30. The van der Waals surface area contributed by atoms with Gasteiger partial charge in [0.25, 0.3) is 0 Å². The van der Waals surface area contributed by atoms with E-state index in [1.165, 1.54) is 12.8 Å². The summed E-state index contributed by atoms with van der Waals surface area (Å²) < 4.78 is 5.43. The number of ether oxygens (including phenoxy) is 1. The molecule has 2 aliphatic rings. The SMILES string of the molecule is CC1OCCC1C(=O)NC1(CN)CCCC1. The summed E-state index contributed by atoms with van der Waals surface area (Å²) in [5.74, 6) is 0.154. The van der Waals surface area contributed by atoms with E-state index in [9.17, 15) is 4.79 Å². The maximum Gasteiger partial charge on any atom is 0.226 e. The summed E-state index contributed by atoms with van der Waals surface area (Å²) >= 11 is 0. The Hall–Kier alpha value is -0.610. The molecule has 4 heteroatoms. The van der Waals surface area contributed by atoms with Gasteiger partial charge in [0.1, 0.15) is 0 Å². The predicted molar refractivity (Wildman–Crippen MR) is 61.9 cm³/mol. The number of nitrogens with one attached hydrogen (secondary N) is 1. The van der Waals surface area contributed by atoms with Gasteiger partial charge in [0.15, 0.2) is 0 Å². The van der Waals surface area contributed by atoms with E-state index in [0.717, 1.165) is 19.3 Å². The highest BCUT2D eigenvalue weighted by atomic mass is 16.5. The van der Waals surface area contributed by atoms with Gasteiger partial charge in [-0.3, -0.25) is 4.79 Å². The molecule has 2 unspecified atom stereocenters. The van der Waals surface area contributed by atoms with Crippen molar-refractivity contribution in [1.29, 1.82) is 0 Å². The Bertz CT molecular complexity index is 262. The molecular weight excluding hydrogens is 204 g/mol. The van der Waals surface area contributed by atoms with Crippen LogP contribution < -0.4 is 11.1 Å². The number of rotatable bonds is 3. The molecule has 16 heavy (non-hydrogen) atoms. The van der Waals surface area contributed by atoms with Crippen LogP contribution in [0.2, 0.25) is 0 Å². The Balaban J connectivity index is 1.95. The van der Waals surface area contributed by atoms with Crippen LogP contribution in [0.3, 0.4) is 0 Å². The summed E-state index contributed by atoms with van der Waals surface area (Å²) in [5.41, 5.74) is 5.68. The van der Waals surface area contributed by atoms with Gasteiger partial charge in [-0.1, -0.05) is 12.8 Å². The second-order valence-corrected chi connectivity index (χ2v) is 5.15. The van der Waals surface area contributed by atoms with Gasteiger partial charge in [0, 0.05) is 13.2 Å². The van der Waals surface area contributed by atoms with E-state index in [1.54, 1.807) is 0 Å². The van der Waals surface area contributed by atoms with Gasteiger partial charge in [-0.25, -0.2) is 0 Å². The molecule has 0 radical (unpaired) electrons. The Morgan fingerprint density at radius 1 is 1.50 bits per heavy atom. The maximum absolute atomic E-state index is 12.1. The van der Waals surface area contributed by atoms with Crippen LogP contribution in [0, 0.1) is 5.92 Å². The highest BCUT2D eigenvalue weighted by Gasteiger charge is 2.38. The van der Waals surface area contributed by atoms with Crippen molar-refractivity contribution in [2.24, 2.45) is 11.7 Å². The van der Waals surface area contributed by atoms with Crippen LogP contribution in [0.15, 0.2) is 0 Å². The minimum absolute atomic E-state index is 0.0176. The van der Waals surface area contributed by atoms with Gasteiger partial charge in [0.05, 0.1) is 17.6 Å². The van der Waals surface area contributed by atoms with Crippen molar-refractivity contribution in [3.63, 3.8) is 0 Å². The van der Waals surface area contributed by atoms with Crippen LogP contribution in [0.4, 0.5) is 0 Å². The Morgan fingerprint density at radius 3 is 2.69 bits per heavy atom. The van der Waals surface area contributed by atoms with Gasteiger partial charge in [-0.05, 0) is 26.2 Å². The van der Waals surface area contributed by atoms with E-state index in [2.05, 4.69) is 5.32 Å². The van der Waals surface area contributed by atoms with Crippen LogP contribution in [0.25, 0.3) is 0 Å². The van der Waals surface area contributed by atoms with E-state index in [4.69, 9.17) is 10.5 Å². The first-order valence-electron chi connectivity index (χ1n) is 6.31. The standard InChI is InChI=1S/C12H22N2O2/c1-9-10(4-7-16-9)11(15)14-12(8-13)5-2-3-6-12/h9-10H,2-8,13H2,1H3,(H,14,15). The number of carbonyl (C=O) groups is 1. The summed E-state index contributed by atoms with van der Waals surface area (Å²) in [6.07, 6.45) is 5.29. The average Bonchev–Trinajstić information content (AvgIpc) is 2.87. The smallest absolute Gasteiger partial charge is 0.226 e. The number of hydrogen-bond donors (Lipinski definition) is 2. The number of amides is 1. The molecule has 1 saturated carbocycles. The summed E-state index contributed by atoms with van der Waals surface area (Å²) in [6.45, 7) is 3.23. The Kier molecular flexibility index (Phi) is 3.50. The fourth-order valence-electron chi connectivity index (χ4n) is 2.86. The molecule has 0 aromatic rings. The summed E-state index contributed by atoms with van der Waals surface area (Å²) in [4.78, 5) is 12.1. The molecule has 3 N–H and O–H groups in total. The molecule has 0 aromatic carbocycles. The van der Waals surface area contributed by atoms with E-state index < -0.39 is 0 Å². The molecular formula is C12H22N2O2. The average molecular weight is 226 g/mol. The first-order valence-corrected chi connectivity index (χ1v) is 6.31. The lowest BCUT2D eigenvalue weighted by Gasteiger charge is -2.30. The summed E-state index contributed by atoms with van der Waals surface area (Å²) in [7, 11) is 0. The molecule has 0 bridgehead atoms. The largest absolute Gasteiger partial charge is 0.378 e. The maximum atomic E-state index is 12.1. The zero-order valence-electron chi connectivity index (χ0n) is 10.00. The van der Waals surface area contributed by atoms with E-state index in [0.29, 0.717) is 13.2 Å². The molecule has 2 rings (SSSR count). The van der Waals surface area contributed by atoms with Crippen molar-refractivity contribution in [3.05, 3.63) is 0 Å². The third kappa shape index (κ3) is 2.23. The van der Waals surface area contributed by atoms with Gasteiger partial charge in [0.2, 0.25) is 5.91 Å². The van der Waals surface area contributed by atoms with Crippen molar-refractivity contribution < 1.29 is 9.53 Å². The zero-order valence-corrected chi connectivity index (χ0v) is 10.00. The van der Waals surface area contributed by atoms with Crippen molar-refractivity contribution in [2.45, 2.75) is 50.7 Å². The van der Waals surface area contributed by atoms with Gasteiger partial charge < -0.3 is 15.8 Å². The second kappa shape index (κ2) is 4.72. The van der Waals surface area contributed by atoms with Crippen LogP contribution in [-0.4, -0.2) is 30.7 Å². The number of nitrogens with two attached hydrogens (primary N) is 1. The van der Waals surface area contributed by atoms with Crippen LogP contribution in [-0.2, 0) is 9.53 Å². The van der Waals surface area contributed by atoms with E-state index >= 15 is 0 Å². The first kappa shape index (κ1) is 11.9. The lowest BCUT2D eigenvalue weighted by atomic mass is 9.94. The molecule has 1 saturated heterocycles. The Morgan fingerprint density at radius 2 is 2.19 bits per heavy atom. The summed E-state index contributed by atoms with van der Waals surface area (Å²) in [5, 5.41) is 3.17. The van der Waals surface area contributed by atoms with Crippen LogP contribution >= 0.6 is 0 Å². The third-order valence-electron chi connectivity index (χ3n) is 4.05. The minimum Gasteiger partial charge on any atom is -0.378 e. The molecule has 1 aliphatic heterocycles. The van der Waals surface area contributed by atoms with Gasteiger partial charge in [-0.2, -0.15) is 0 Å². The van der Waals surface area contributed by atoms with Crippen molar-refractivity contribution in [1.82, 2.24) is 5.32 Å². The van der Waals surface area contributed by atoms with E-state index in [-0.39, 0.29) is 23.5 Å².